The van der Waals surface area contributed by atoms with Gasteiger partial charge in [0.1, 0.15) is 5.76 Å². The van der Waals surface area contributed by atoms with Crippen LogP contribution in [0, 0.1) is 6.92 Å². The van der Waals surface area contributed by atoms with Crippen LogP contribution < -0.4 is 0 Å². The van der Waals surface area contributed by atoms with Crippen LogP contribution in [0.5, 0.6) is 0 Å². The van der Waals surface area contributed by atoms with E-state index in [1.807, 2.05) is 6.92 Å². The third-order valence-corrected chi connectivity index (χ3v) is 5.18. The molecule has 1 aliphatic carbocycles. The lowest BCUT2D eigenvalue weighted by Gasteiger charge is -2.25. The molecule has 0 bridgehead atoms. The summed E-state index contributed by atoms with van der Waals surface area (Å²) in [4.78, 5) is 13.6. The number of rotatable bonds is 6. The highest BCUT2D eigenvalue weighted by atomic mass is 16.5. The van der Waals surface area contributed by atoms with Gasteiger partial charge in [0.25, 0.3) is 0 Å². The molecule has 2 aromatic heterocycles. The normalized spacial score (nSPS) is 23.2. The van der Waals surface area contributed by atoms with E-state index in [0.29, 0.717) is 12.0 Å². The minimum atomic E-state index is 0.174. The summed E-state index contributed by atoms with van der Waals surface area (Å²) in [6.07, 6.45) is 5.30. The largest absolute Gasteiger partial charge is 0.445 e. The van der Waals surface area contributed by atoms with Crippen LogP contribution in [0.2, 0.25) is 0 Å². The Morgan fingerprint density at radius 2 is 2.21 bits per heavy atom. The summed E-state index contributed by atoms with van der Waals surface area (Å²) in [5.41, 5.74) is 0. The Morgan fingerprint density at radius 3 is 2.92 bits per heavy atom. The molecule has 0 amide bonds. The van der Waals surface area contributed by atoms with Gasteiger partial charge in [-0.15, -0.1) is 0 Å². The van der Waals surface area contributed by atoms with Crippen LogP contribution in [0.15, 0.2) is 15.1 Å². The molecule has 2 atom stereocenters. The Labute approximate surface area is 142 Å². The van der Waals surface area contributed by atoms with E-state index in [0.717, 1.165) is 49.4 Å². The molecular formula is C17H25N5O2. The molecule has 1 saturated carbocycles. The van der Waals surface area contributed by atoms with Crippen molar-refractivity contribution < 1.29 is 8.94 Å². The van der Waals surface area contributed by atoms with Gasteiger partial charge in [-0.25, -0.2) is 4.98 Å². The van der Waals surface area contributed by atoms with Crippen LogP contribution in [-0.4, -0.2) is 51.1 Å². The molecule has 0 aromatic carbocycles. The van der Waals surface area contributed by atoms with Gasteiger partial charge in [-0.2, -0.15) is 4.98 Å². The van der Waals surface area contributed by atoms with Gasteiger partial charge in [0.15, 0.2) is 5.82 Å². The molecule has 0 N–H and O–H groups in total. The molecule has 1 saturated heterocycles. The summed E-state index contributed by atoms with van der Waals surface area (Å²) in [5.74, 6) is 3.83. The van der Waals surface area contributed by atoms with Crippen LogP contribution >= 0.6 is 0 Å². The third kappa shape index (κ3) is 3.23. The Hall–Kier alpha value is -1.73. The maximum absolute atomic E-state index is 5.59. The highest BCUT2D eigenvalue weighted by Gasteiger charge is 2.34. The zero-order valence-corrected chi connectivity index (χ0v) is 14.6. The molecule has 1 aliphatic heterocycles. The molecule has 0 spiro atoms. The van der Waals surface area contributed by atoms with E-state index in [1.165, 1.54) is 12.8 Å². The lowest BCUT2D eigenvalue weighted by molar-refractivity contribution is 0.173. The average molecular weight is 331 g/mol. The summed E-state index contributed by atoms with van der Waals surface area (Å²) in [6, 6.07) is 0.665. The van der Waals surface area contributed by atoms with Gasteiger partial charge >= 0.3 is 0 Å². The molecule has 2 fully saturated rings. The summed E-state index contributed by atoms with van der Waals surface area (Å²) in [6.45, 7) is 6.87. The van der Waals surface area contributed by atoms with E-state index in [1.54, 1.807) is 6.20 Å². The predicted octanol–water partition coefficient (Wildman–Crippen LogP) is 2.51. The van der Waals surface area contributed by atoms with Crippen molar-refractivity contribution in [1.29, 1.82) is 0 Å². The van der Waals surface area contributed by atoms with Gasteiger partial charge in [-0.3, -0.25) is 9.80 Å². The highest BCUT2D eigenvalue weighted by Crippen LogP contribution is 2.38. The number of hydrogen-bond acceptors (Lipinski definition) is 7. The molecule has 4 rings (SSSR count). The van der Waals surface area contributed by atoms with Crippen LogP contribution in [0.3, 0.4) is 0 Å². The highest BCUT2D eigenvalue weighted by molar-refractivity contribution is 5.05. The summed E-state index contributed by atoms with van der Waals surface area (Å²) >= 11 is 0. The molecule has 0 radical (unpaired) electrons. The van der Waals surface area contributed by atoms with E-state index < -0.39 is 0 Å². The first-order valence-corrected chi connectivity index (χ1v) is 8.79. The van der Waals surface area contributed by atoms with Crippen molar-refractivity contribution in [3.8, 4) is 0 Å². The number of likely N-dealkylation sites (tertiary alicyclic amines) is 1. The Morgan fingerprint density at radius 1 is 1.38 bits per heavy atom. The van der Waals surface area contributed by atoms with E-state index in [-0.39, 0.29) is 6.04 Å². The quantitative estimate of drug-likeness (QED) is 0.805. The Bertz CT molecular complexity index is 693. The second-order valence-corrected chi connectivity index (χ2v) is 7.16. The SMILES string of the molecule is Cc1cnc(CN(C)[C@H]2CCN([C@H](C)c3nc(C4CC4)no3)C2)o1. The lowest BCUT2D eigenvalue weighted by Crippen LogP contribution is -2.35. The smallest absolute Gasteiger partial charge is 0.243 e. The van der Waals surface area contributed by atoms with Crippen molar-refractivity contribution in [2.24, 2.45) is 0 Å². The summed E-state index contributed by atoms with van der Waals surface area (Å²) in [5, 5.41) is 4.14. The van der Waals surface area contributed by atoms with Crippen molar-refractivity contribution in [3.05, 3.63) is 29.6 Å². The van der Waals surface area contributed by atoms with Gasteiger partial charge < -0.3 is 8.94 Å². The number of likely N-dealkylation sites (N-methyl/N-ethyl adjacent to an activating group) is 1. The second kappa shape index (κ2) is 6.29. The predicted molar refractivity (Wildman–Crippen MR) is 87.4 cm³/mol. The monoisotopic (exact) mass is 331 g/mol. The van der Waals surface area contributed by atoms with Crippen LogP contribution in [0.4, 0.5) is 0 Å². The van der Waals surface area contributed by atoms with Crippen molar-refractivity contribution in [1.82, 2.24) is 24.9 Å². The number of hydrogen-bond donors (Lipinski definition) is 0. The zero-order valence-electron chi connectivity index (χ0n) is 14.6. The van der Waals surface area contributed by atoms with E-state index in [4.69, 9.17) is 8.94 Å². The minimum Gasteiger partial charge on any atom is -0.445 e. The molecule has 130 valence electrons. The third-order valence-electron chi connectivity index (χ3n) is 5.18. The molecular weight excluding hydrogens is 306 g/mol. The Kier molecular flexibility index (Phi) is 4.14. The van der Waals surface area contributed by atoms with Gasteiger partial charge in [0.05, 0.1) is 18.8 Å². The van der Waals surface area contributed by atoms with E-state index in [9.17, 15) is 0 Å². The maximum Gasteiger partial charge on any atom is 0.243 e. The number of aromatic nitrogens is 3. The topological polar surface area (TPSA) is 71.4 Å². The number of nitrogens with zero attached hydrogens (tertiary/aromatic N) is 5. The molecule has 24 heavy (non-hydrogen) atoms. The van der Waals surface area contributed by atoms with Crippen molar-refractivity contribution in [2.75, 3.05) is 20.1 Å². The summed E-state index contributed by atoms with van der Waals surface area (Å²) in [7, 11) is 2.14. The first-order chi connectivity index (χ1) is 11.6. The standard InChI is InChI=1S/C17H25N5O2/c1-11-8-18-15(23-11)10-21(3)14-6-7-22(9-14)12(2)17-19-16(20-24-17)13-4-5-13/h8,12-14H,4-7,9-10H2,1-3H3/t12-,14+/m1/s1. The molecule has 0 unspecified atom stereocenters. The average Bonchev–Trinajstić information content (AvgIpc) is 3.00. The zero-order chi connectivity index (χ0) is 16.7. The maximum atomic E-state index is 5.59. The second-order valence-electron chi connectivity index (χ2n) is 7.16. The van der Waals surface area contributed by atoms with E-state index in [2.05, 4.69) is 38.9 Å². The number of aryl methyl sites for hydroxylation is 1. The fourth-order valence-corrected chi connectivity index (χ4v) is 3.38. The first kappa shape index (κ1) is 15.8. The summed E-state index contributed by atoms with van der Waals surface area (Å²) < 4.78 is 11.1. The van der Waals surface area contributed by atoms with E-state index >= 15 is 0 Å². The van der Waals surface area contributed by atoms with Crippen molar-refractivity contribution >= 4 is 0 Å². The Balaban J connectivity index is 1.34. The van der Waals surface area contributed by atoms with Gasteiger partial charge in [-0.1, -0.05) is 5.16 Å². The number of oxazole rings is 1. The van der Waals surface area contributed by atoms with Crippen LogP contribution in [0.1, 0.15) is 61.5 Å². The molecule has 3 heterocycles. The van der Waals surface area contributed by atoms with Crippen LogP contribution in [-0.2, 0) is 6.54 Å². The van der Waals surface area contributed by atoms with Crippen molar-refractivity contribution in [2.45, 2.75) is 57.7 Å². The van der Waals surface area contributed by atoms with Gasteiger partial charge in [0.2, 0.25) is 11.8 Å². The molecule has 2 aliphatic rings. The fourth-order valence-electron chi connectivity index (χ4n) is 3.38. The van der Waals surface area contributed by atoms with Crippen molar-refractivity contribution in [3.63, 3.8) is 0 Å². The fraction of sp³-hybridized carbons (Fsp3) is 0.706. The van der Waals surface area contributed by atoms with Crippen LogP contribution in [0.25, 0.3) is 0 Å². The molecule has 2 aromatic rings. The minimum absolute atomic E-state index is 0.174. The molecule has 7 nitrogen and oxygen atoms in total. The lowest BCUT2D eigenvalue weighted by atomic mass is 10.2. The van der Waals surface area contributed by atoms with Gasteiger partial charge in [0, 0.05) is 25.0 Å². The molecule has 7 heteroatoms. The van der Waals surface area contributed by atoms with Gasteiger partial charge in [-0.05, 0) is 40.2 Å². The first-order valence-electron chi connectivity index (χ1n) is 8.79.